The van der Waals surface area contributed by atoms with Gasteiger partial charge in [-0.25, -0.2) is 0 Å². The summed E-state index contributed by atoms with van der Waals surface area (Å²) in [6.07, 6.45) is 0. The fraction of sp³-hybridized carbons (Fsp3) is 0.429. The highest BCUT2D eigenvalue weighted by Gasteiger charge is 2.20. The van der Waals surface area contributed by atoms with Gasteiger partial charge in [-0.3, -0.25) is 5.10 Å². The van der Waals surface area contributed by atoms with Crippen molar-refractivity contribution in [3.8, 4) is 11.4 Å². The third-order valence-electron chi connectivity index (χ3n) is 3.57. The molecule has 1 atom stereocenters. The van der Waals surface area contributed by atoms with E-state index in [0.29, 0.717) is 6.04 Å². The number of aromatic nitrogens is 3. The molecule has 1 aromatic heterocycles. The predicted molar refractivity (Wildman–Crippen MR) is 81.2 cm³/mol. The molecule has 20 heavy (non-hydrogen) atoms. The van der Waals surface area contributed by atoms with E-state index >= 15 is 0 Å². The summed E-state index contributed by atoms with van der Waals surface area (Å²) in [6.45, 7) is 6.94. The highest BCUT2D eigenvalue weighted by molar-refractivity contribution is 6.33. The van der Waals surface area contributed by atoms with Crippen LogP contribution in [0.2, 0.25) is 5.02 Å². The van der Waals surface area contributed by atoms with Gasteiger partial charge in [-0.05, 0) is 25.5 Å². The van der Waals surface area contributed by atoms with Crippen molar-refractivity contribution in [2.75, 3.05) is 24.5 Å². The van der Waals surface area contributed by atoms with E-state index in [-0.39, 0.29) is 0 Å². The van der Waals surface area contributed by atoms with Crippen molar-refractivity contribution in [2.24, 2.45) is 0 Å². The Kier molecular flexibility index (Phi) is 3.63. The summed E-state index contributed by atoms with van der Waals surface area (Å²) in [5, 5.41) is 11.5. The second kappa shape index (κ2) is 5.42. The van der Waals surface area contributed by atoms with Crippen molar-refractivity contribution >= 4 is 17.5 Å². The minimum Gasteiger partial charge on any atom is -0.337 e. The Hall–Kier alpha value is -1.59. The van der Waals surface area contributed by atoms with E-state index < -0.39 is 0 Å². The summed E-state index contributed by atoms with van der Waals surface area (Å²) in [5.74, 6) is 1.46. The van der Waals surface area contributed by atoms with Crippen molar-refractivity contribution < 1.29 is 0 Å². The van der Waals surface area contributed by atoms with Crippen LogP contribution in [0, 0.1) is 6.92 Å². The molecule has 0 aliphatic carbocycles. The van der Waals surface area contributed by atoms with Crippen LogP contribution in [0.4, 0.5) is 5.95 Å². The van der Waals surface area contributed by atoms with Gasteiger partial charge >= 0.3 is 0 Å². The smallest absolute Gasteiger partial charge is 0.245 e. The second-order valence-electron chi connectivity index (χ2n) is 5.22. The van der Waals surface area contributed by atoms with Gasteiger partial charge in [0.25, 0.3) is 0 Å². The Morgan fingerprint density at radius 2 is 2.25 bits per heavy atom. The predicted octanol–water partition coefficient (Wildman–Crippen LogP) is 2.23. The van der Waals surface area contributed by atoms with Gasteiger partial charge in [0, 0.05) is 31.2 Å². The van der Waals surface area contributed by atoms with Crippen LogP contribution in [0.25, 0.3) is 11.4 Å². The lowest BCUT2D eigenvalue weighted by molar-refractivity contribution is 0.480. The van der Waals surface area contributed by atoms with Crippen LogP contribution in [0.15, 0.2) is 18.2 Å². The monoisotopic (exact) mass is 291 g/mol. The third kappa shape index (κ3) is 2.51. The van der Waals surface area contributed by atoms with Crippen LogP contribution in [0.3, 0.4) is 0 Å². The maximum atomic E-state index is 6.33. The van der Waals surface area contributed by atoms with E-state index in [0.717, 1.165) is 47.6 Å². The summed E-state index contributed by atoms with van der Waals surface area (Å²) in [6, 6.07) is 6.38. The standard InChI is InChI=1S/C14H18ClN5/c1-9-4-3-5-11(12(9)15)13-17-14(19-18-13)20-7-6-16-10(2)8-20/h3-5,10,16H,6-8H2,1-2H3,(H,17,18,19). The molecule has 0 amide bonds. The molecule has 0 radical (unpaired) electrons. The summed E-state index contributed by atoms with van der Waals surface area (Å²) in [5.41, 5.74) is 1.94. The van der Waals surface area contributed by atoms with E-state index in [9.17, 15) is 0 Å². The normalized spacial score (nSPS) is 19.4. The maximum Gasteiger partial charge on any atom is 0.245 e. The maximum absolute atomic E-state index is 6.33. The van der Waals surface area contributed by atoms with E-state index in [1.165, 1.54) is 0 Å². The number of halogens is 1. The molecule has 2 aromatic rings. The number of aromatic amines is 1. The number of piperazine rings is 1. The van der Waals surface area contributed by atoms with Gasteiger partial charge in [-0.1, -0.05) is 23.7 Å². The van der Waals surface area contributed by atoms with Crippen LogP contribution in [0.1, 0.15) is 12.5 Å². The van der Waals surface area contributed by atoms with E-state index in [4.69, 9.17) is 11.6 Å². The molecule has 1 fully saturated rings. The summed E-state index contributed by atoms with van der Waals surface area (Å²) in [7, 11) is 0. The van der Waals surface area contributed by atoms with Crippen LogP contribution < -0.4 is 10.2 Å². The van der Waals surface area contributed by atoms with Crippen LogP contribution in [-0.4, -0.2) is 40.9 Å². The molecule has 0 spiro atoms. The largest absolute Gasteiger partial charge is 0.337 e. The fourth-order valence-electron chi connectivity index (χ4n) is 2.46. The summed E-state index contributed by atoms with van der Waals surface area (Å²) in [4.78, 5) is 6.77. The Morgan fingerprint density at radius 3 is 3.05 bits per heavy atom. The average Bonchev–Trinajstić information content (AvgIpc) is 2.91. The first-order chi connectivity index (χ1) is 9.65. The third-order valence-corrected chi connectivity index (χ3v) is 4.07. The van der Waals surface area contributed by atoms with E-state index in [1.54, 1.807) is 0 Å². The lowest BCUT2D eigenvalue weighted by Crippen LogP contribution is -2.49. The molecular formula is C14H18ClN5. The minimum absolute atomic E-state index is 0.452. The molecule has 106 valence electrons. The fourth-order valence-corrected chi connectivity index (χ4v) is 2.67. The molecule has 2 heterocycles. The lowest BCUT2D eigenvalue weighted by atomic mass is 10.1. The molecule has 0 bridgehead atoms. The van der Waals surface area contributed by atoms with E-state index in [2.05, 4.69) is 32.3 Å². The molecule has 1 aliphatic rings. The quantitative estimate of drug-likeness (QED) is 0.891. The zero-order valence-electron chi connectivity index (χ0n) is 11.7. The van der Waals surface area contributed by atoms with E-state index in [1.807, 2.05) is 25.1 Å². The number of aryl methyl sites for hydroxylation is 1. The lowest BCUT2D eigenvalue weighted by Gasteiger charge is -2.30. The van der Waals surface area contributed by atoms with Crippen LogP contribution in [0.5, 0.6) is 0 Å². The SMILES string of the molecule is Cc1cccc(-c2nc(N3CCNC(C)C3)n[nH]2)c1Cl. The summed E-state index contributed by atoms with van der Waals surface area (Å²) < 4.78 is 0. The Morgan fingerprint density at radius 1 is 1.40 bits per heavy atom. The Bertz CT molecular complexity index is 609. The highest BCUT2D eigenvalue weighted by atomic mass is 35.5. The van der Waals surface area contributed by atoms with Gasteiger partial charge in [-0.15, -0.1) is 5.10 Å². The first kappa shape index (κ1) is 13.4. The summed E-state index contributed by atoms with van der Waals surface area (Å²) >= 11 is 6.33. The molecule has 6 heteroatoms. The second-order valence-corrected chi connectivity index (χ2v) is 5.60. The number of hydrogen-bond donors (Lipinski definition) is 2. The van der Waals surface area contributed by atoms with Gasteiger partial charge < -0.3 is 10.2 Å². The first-order valence-corrected chi connectivity index (χ1v) is 7.19. The Balaban J connectivity index is 1.88. The number of H-pyrrole nitrogens is 1. The van der Waals surface area contributed by atoms with Gasteiger partial charge in [0.05, 0.1) is 5.02 Å². The molecule has 5 nitrogen and oxygen atoms in total. The van der Waals surface area contributed by atoms with Crippen molar-refractivity contribution in [1.29, 1.82) is 0 Å². The molecule has 2 N–H and O–H groups in total. The molecule has 1 saturated heterocycles. The number of benzene rings is 1. The molecule has 1 aromatic carbocycles. The molecule has 0 saturated carbocycles. The number of nitrogens with one attached hydrogen (secondary N) is 2. The van der Waals surface area contributed by atoms with Crippen molar-refractivity contribution in [3.05, 3.63) is 28.8 Å². The topological polar surface area (TPSA) is 56.8 Å². The zero-order valence-corrected chi connectivity index (χ0v) is 12.4. The number of hydrogen-bond acceptors (Lipinski definition) is 4. The first-order valence-electron chi connectivity index (χ1n) is 6.81. The van der Waals surface area contributed by atoms with Gasteiger partial charge in [0.2, 0.25) is 5.95 Å². The molecule has 1 aliphatic heterocycles. The number of rotatable bonds is 2. The highest BCUT2D eigenvalue weighted by Crippen LogP contribution is 2.28. The van der Waals surface area contributed by atoms with Gasteiger partial charge in [-0.2, -0.15) is 4.98 Å². The van der Waals surface area contributed by atoms with Gasteiger partial charge in [0.15, 0.2) is 5.82 Å². The van der Waals surface area contributed by atoms with Crippen LogP contribution in [-0.2, 0) is 0 Å². The number of nitrogens with zero attached hydrogens (tertiary/aromatic N) is 3. The van der Waals surface area contributed by atoms with Gasteiger partial charge in [0.1, 0.15) is 0 Å². The van der Waals surface area contributed by atoms with Crippen LogP contribution >= 0.6 is 11.6 Å². The van der Waals surface area contributed by atoms with Crippen molar-refractivity contribution in [2.45, 2.75) is 19.9 Å². The Labute approximate surface area is 123 Å². The molecular weight excluding hydrogens is 274 g/mol. The molecule has 1 unspecified atom stereocenters. The average molecular weight is 292 g/mol. The van der Waals surface area contributed by atoms with Crippen molar-refractivity contribution in [1.82, 2.24) is 20.5 Å². The van der Waals surface area contributed by atoms with Crippen molar-refractivity contribution in [3.63, 3.8) is 0 Å². The number of anilines is 1. The minimum atomic E-state index is 0.452. The molecule has 3 rings (SSSR count). The zero-order chi connectivity index (χ0) is 14.1.